The van der Waals surface area contributed by atoms with Crippen molar-refractivity contribution in [3.05, 3.63) is 52.1 Å². The molecule has 2 aromatic rings. The molecule has 0 saturated carbocycles. The van der Waals surface area contributed by atoms with Gasteiger partial charge in [0.05, 0.1) is 13.5 Å². The second-order valence-electron chi connectivity index (χ2n) is 4.74. The summed E-state index contributed by atoms with van der Waals surface area (Å²) in [6.45, 7) is 1.85. The molecule has 0 saturated heterocycles. The largest absolute Gasteiger partial charge is 0.490 e. The molecule has 110 valence electrons. The van der Waals surface area contributed by atoms with E-state index in [1.54, 1.807) is 0 Å². The van der Waals surface area contributed by atoms with Gasteiger partial charge in [-0.2, -0.15) is 0 Å². The molecular formula is C17H17IO3. The Balaban J connectivity index is 2.02. The van der Waals surface area contributed by atoms with E-state index in [1.807, 2.05) is 31.2 Å². The van der Waals surface area contributed by atoms with Crippen molar-refractivity contribution in [3.8, 4) is 16.9 Å². The number of ether oxygens (including phenoxy) is 2. The Morgan fingerprint density at radius 1 is 1.05 bits per heavy atom. The molecule has 1 atom stereocenters. The lowest BCUT2D eigenvalue weighted by atomic mass is 10.1. The highest BCUT2D eigenvalue weighted by Gasteiger charge is 2.10. The molecule has 0 amide bonds. The summed E-state index contributed by atoms with van der Waals surface area (Å²) in [7, 11) is 1.38. The van der Waals surface area contributed by atoms with Gasteiger partial charge in [-0.15, -0.1) is 0 Å². The molecule has 0 bridgehead atoms. The summed E-state index contributed by atoms with van der Waals surface area (Å²) in [6, 6.07) is 16.2. The molecule has 3 nitrogen and oxygen atoms in total. The molecule has 1 unspecified atom stereocenters. The Kier molecular flexibility index (Phi) is 5.61. The van der Waals surface area contributed by atoms with Gasteiger partial charge in [-0.25, -0.2) is 0 Å². The zero-order valence-corrected chi connectivity index (χ0v) is 14.2. The smallest absolute Gasteiger partial charge is 0.309 e. The van der Waals surface area contributed by atoms with Crippen molar-refractivity contribution in [1.29, 1.82) is 0 Å². The highest BCUT2D eigenvalue weighted by molar-refractivity contribution is 14.1. The van der Waals surface area contributed by atoms with Crippen molar-refractivity contribution >= 4 is 28.6 Å². The van der Waals surface area contributed by atoms with Crippen molar-refractivity contribution in [2.45, 2.75) is 19.4 Å². The average molecular weight is 396 g/mol. The van der Waals surface area contributed by atoms with E-state index in [-0.39, 0.29) is 18.5 Å². The van der Waals surface area contributed by atoms with Crippen molar-refractivity contribution in [2.75, 3.05) is 7.11 Å². The van der Waals surface area contributed by atoms with Crippen LogP contribution in [0.2, 0.25) is 0 Å². The molecule has 0 N–H and O–H groups in total. The van der Waals surface area contributed by atoms with E-state index in [4.69, 9.17) is 4.74 Å². The maximum atomic E-state index is 11.2. The highest BCUT2D eigenvalue weighted by atomic mass is 127. The molecule has 0 heterocycles. The van der Waals surface area contributed by atoms with Gasteiger partial charge in [0.25, 0.3) is 0 Å². The van der Waals surface area contributed by atoms with Crippen molar-refractivity contribution in [1.82, 2.24) is 0 Å². The Labute approximate surface area is 138 Å². The second kappa shape index (κ2) is 7.45. The minimum absolute atomic E-state index is 0.207. The van der Waals surface area contributed by atoms with E-state index < -0.39 is 0 Å². The summed E-state index contributed by atoms with van der Waals surface area (Å²) in [5.41, 5.74) is 2.31. The van der Waals surface area contributed by atoms with Crippen LogP contribution < -0.4 is 4.74 Å². The lowest BCUT2D eigenvalue weighted by molar-refractivity contribution is -0.142. The van der Waals surface area contributed by atoms with Crippen LogP contribution in [0, 0.1) is 3.57 Å². The average Bonchev–Trinajstić information content (AvgIpc) is 2.48. The molecule has 0 radical (unpaired) electrons. The number of carbonyl (C=O) groups excluding carboxylic acids is 1. The van der Waals surface area contributed by atoms with Crippen molar-refractivity contribution in [2.24, 2.45) is 0 Å². The first-order valence-electron chi connectivity index (χ1n) is 6.68. The molecule has 0 aliphatic rings. The van der Waals surface area contributed by atoms with Gasteiger partial charge in [0.2, 0.25) is 0 Å². The maximum absolute atomic E-state index is 11.2. The van der Waals surface area contributed by atoms with Gasteiger partial charge in [0.15, 0.2) is 0 Å². The molecule has 4 heteroatoms. The number of methoxy groups -OCH3 is 1. The zero-order chi connectivity index (χ0) is 15.2. The standard InChI is InChI=1S/C17H17IO3/c1-12(11-17(19)20-2)21-16-9-5-14(6-10-16)13-3-7-15(18)8-4-13/h3-10,12H,11H2,1-2H3. The summed E-state index contributed by atoms with van der Waals surface area (Å²) in [5, 5.41) is 0. The van der Waals surface area contributed by atoms with Crippen LogP contribution in [0.25, 0.3) is 11.1 Å². The molecule has 0 spiro atoms. The van der Waals surface area contributed by atoms with Crippen molar-refractivity contribution < 1.29 is 14.3 Å². The van der Waals surface area contributed by atoms with E-state index in [0.717, 1.165) is 11.3 Å². The van der Waals surface area contributed by atoms with Gasteiger partial charge in [0, 0.05) is 3.57 Å². The molecule has 21 heavy (non-hydrogen) atoms. The fourth-order valence-corrected chi connectivity index (χ4v) is 2.32. The number of hydrogen-bond acceptors (Lipinski definition) is 3. The minimum atomic E-state index is -0.266. The first-order valence-corrected chi connectivity index (χ1v) is 7.76. The molecule has 2 rings (SSSR count). The molecule has 0 aliphatic heterocycles. The monoisotopic (exact) mass is 396 g/mol. The van der Waals surface area contributed by atoms with Crippen LogP contribution >= 0.6 is 22.6 Å². The van der Waals surface area contributed by atoms with E-state index in [0.29, 0.717) is 0 Å². The fourth-order valence-electron chi connectivity index (χ4n) is 1.96. The Morgan fingerprint density at radius 2 is 1.57 bits per heavy atom. The van der Waals surface area contributed by atoms with Gasteiger partial charge in [-0.1, -0.05) is 24.3 Å². The first-order chi connectivity index (χ1) is 10.1. The number of halogens is 1. The van der Waals surface area contributed by atoms with Crippen LogP contribution in [-0.4, -0.2) is 19.2 Å². The predicted molar refractivity (Wildman–Crippen MR) is 91.3 cm³/mol. The van der Waals surface area contributed by atoms with Crippen LogP contribution in [0.5, 0.6) is 5.75 Å². The lowest BCUT2D eigenvalue weighted by Crippen LogP contribution is -2.17. The molecule has 0 aromatic heterocycles. The summed E-state index contributed by atoms with van der Waals surface area (Å²) in [4.78, 5) is 11.2. The number of hydrogen-bond donors (Lipinski definition) is 0. The summed E-state index contributed by atoms with van der Waals surface area (Å²) >= 11 is 2.29. The molecule has 0 fully saturated rings. The molecule has 0 aliphatic carbocycles. The van der Waals surface area contributed by atoms with Crippen molar-refractivity contribution in [3.63, 3.8) is 0 Å². The minimum Gasteiger partial charge on any atom is -0.490 e. The van der Waals surface area contributed by atoms with Crippen LogP contribution in [0.4, 0.5) is 0 Å². The van der Waals surface area contributed by atoms with Crippen LogP contribution in [-0.2, 0) is 9.53 Å². The Morgan fingerprint density at radius 3 is 2.10 bits per heavy atom. The summed E-state index contributed by atoms with van der Waals surface area (Å²) < 4.78 is 11.5. The number of rotatable bonds is 5. The summed E-state index contributed by atoms with van der Waals surface area (Å²) in [5.74, 6) is 0.485. The zero-order valence-electron chi connectivity index (χ0n) is 12.0. The van der Waals surface area contributed by atoms with Gasteiger partial charge < -0.3 is 9.47 Å². The third-order valence-electron chi connectivity index (χ3n) is 3.05. The highest BCUT2D eigenvalue weighted by Crippen LogP contribution is 2.24. The van der Waals surface area contributed by atoms with Gasteiger partial charge in [0.1, 0.15) is 11.9 Å². The Bertz CT molecular complexity index is 590. The molecular weight excluding hydrogens is 379 g/mol. The number of carbonyl (C=O) groups is 1. The van der Waals surface area contributed by atoms with Crippen LogP contribution in [0.3, 0.4) is 0 Å². The fraction of sp³-hybridized carbons (Fsp3) is 0.235. The Hall–Kier alpha value is -1.56. The lowest BCUT2D eigenvalue weighted by Gasteiger charge is -2.13. The van der Waals surface area contributed by atoms with E-state index in [2.05, 4.69) is 51.6 Å². The van der Waals surface area contributed by atoms with E-state index in [1.165, 1.54) is 16.2 Å². The van der Waals surface area contributed by atoms with Crippen LogP contribution in [0.1, 0.15) is 13.3 Å². The second-order valence-corrected chi connectivity index (χ2v) is 5.99. The molecule has 2 aromatic carbocycles. The third-order valence-corrected chi connectivity index (χ3v) is 3.77. The first kappa shape index (κ1) is 15.8. The number of benzene rings is 2. The van der Waals surface area contributed by atoms with Gasteiger partial charge >= 0.3 is 5.97 Å². The SMILES string of the molecule is COC(=O)CC(C)Oc1ccc(-c2ccc(I)cc2)cc1. The number of esters is 1. The van der Waals surface area contributed by atoms with Gasteiger partial charge in [-0.05, 0) is 64.9 Å². The van der Waals surface area contributed by atoms with E-state index in [9.17, 15) is 4.79 Å². The van der Waals surface area contributed by atoms with Gasteiger partial charge in [-0.3, -0.25) is 4.79 Å². The maximum Gasteiger partial charge on any atom is 0.309 e. The normalized spacial score (nSPS) is 11.8. The quantitative estimate of drug-likeness (QED) is 0.559. The van der Waals surface area contributed by atoms with E-state index >= 15 is 0 Å². The van der Waals surface area contributed by atoms with Crippen LogP contribution in [0.15, 0.2) is 48.5 Å². The summed E-state index contributed by atoms with van der Waals surface area (Å²) in [6.07, 6.45) is 0.0386. The topological polar surface area (TPSA) is 35.5 Å². The predicted octanol–water partition coefficient (Wildman–Crippen LogP) is 4.29. The third kappa shape index (κ3) is 4.74.